The summed E-state index contributed by atoms with van der Waals surface area (Å²) in [5.74, 6) is -4.41. The van der Waals surface area contributed by atoms with E-state index in [1.165, 1.54) is 47.4 Å². The Morgan fingerprint density at radius 2 is 1.71 bits per heavy atom. The van der Waals surface area contributed by atoms with Crippen LogP contribution in [0.25, 0.3) is 0 Å². The molecule has 3 aromatic rings. The number of hydrogen-bond acceptors (Lipinski definition) is 3. The Labute approximate surface area is 204 Å². The van der Waals surface area contributed by atoms with Crippen LogP contribution in [-0.2, 0) is 5.60 Å². The van der Waals surface area contributed by atoms with Crippen LogP contribution in [0, 0.1) is 0 Å². The van der Waals surface area contributed by atoms with Gasteiger partial charge in [-0.25, -0.2) is 8.78 Å². The zero-order valence-corrected chi connectivity index (χ0v) is 19.5. The largest absolute Gasteiger partial charge is 0.379 e. The topological polar surface area (TPSA) is 69.6 Å². The number of anilines is 2. The number of carbonyl (C=O) groups excluding carboxylic acids is 2. The highest BCUT2D eigenvalue weighted by Crippen LogP contribution is 2.47. The number of hydrogen-bond donors (Lipinski definition) is 2. The minimum Gasteiger partial charge on any atom is -0.379 e. The fourth-order valence-electron chi connectivity index (χ4n) is 3.85. The Morgan fingerprint density at radius 3 is 2.38 bits per heavy atom. The average Bonchev–Trinajstić information content (AvgIpc) is 2.87. The lowest BCUT2D eigenvalue weighted by Crippen LogP contribution is -2.42. The molecule has 0 unspecified atom stereocenters. The summed E-state index contributed by atoms with van der Waals surface area (Å²) < 4.78 is 29.5. The number of amides is 2. The van der Waals surface area contributed by atoms with Crippen LogP contribution in [0.15, 0.2) is 66.7 Å². The number of alkyl halides is 2. The summed E-state index contributed by atoms with van der Waals surface area (Å²) >= 11 is 12.1. The molecule has 1 aliphatic heterocycles. The summed E-state index contributed by atoms with van der Waals surface area (Å²) in [5.41, 5.74) is -1.51. The number of fused-ring (bicyclic) bond motifs is 1. The fraction of sp³-hybridized carbons (Fsp3) is 0.200. The summed E-state index contributed by atoms with van der Waals surface area (Å²) in [6.07, 6.45) is -0.732. The first kappa shape index (κ1) is 24.1. The second-order valence-corrected chi connectivity index (χ2v) is 9.00. The first-order valence-electron chi connectivity index (χ1n) is 10.4. The SMILES string of the molecule is C[C@@]1(O)c2cc(Cl)ccc2N(C(=O)c2ccc(NC(=O)c3ccccc3Cl)cc2)CCC1(F)F. The van der Waals surface area contributed by atoms with E-state index in [-0.39, 0.29) is 28.4 Å². The van der Waals surface area contributed by atoms with Gasteiger partial charge in [0.25, 0.3) is 17.7 Å². The number of aliphatic hydroxyl groups is 1. The minimum absolute atomic E-state index is 0.125. The summed E-state index contributed by atoms with van der Waals surface area (Å²) in [6, 6.07) is 16.8. The highest BCUT2D eigenvalue weighted by molar-refractivity contribution is 6.34. The molecule has 176 valence electrons. The van der Waals surface area contributed by atoms with Crippen molar-refractivity contribution in [2.24, 2.45) is 0 Å². The minimum atomic E-state index is -3.48. The molecule has 0 aromatic heterocycles. The number of benzene rings is 3. The molecule has 5 nitrogen and oxygen atoms in total. The lowest BCUT2D eigenvalue weighted by Gasteiger charge is -2.32. The molecule has 0 saturated heterocycles. The second kappa shape index (κ2) is 8.98. The van der Waals surface area contributed by atoms with Gasteiger partial charge in [-0.05, 0) is 61.5 Å². The maximum Gasteiger partial charge on any atom is 0.281 e. The van der Waals surface area contributed by atoms with E-state index in [0.717, 1.165) is 6.92 Å². The first-order chi connectivity index (χ1) is 16.0. The smallest absolute Gasteiger partial charge is 0.281 e. The van der Waals surface area contributed by atoms with Gasteiger partial charge in [0.15, 0.2) is 5.60 Å². The van der Waals surface area contributed by atoms with Gasteiger partial charge in [-0.2, -0.15) is 0 Å². The van der Waals surface area contributed by atoms with Crippen LogP contribution in [0.1, 0.15) is 39.6 Å². The molecule has 1 aliphatic rings. The molecule has 1 atom stereocenters. The van der Waals surface area contributed by atoms with E-state index in [2.05, 4.69) is 5.32 Å². The van der Waals surface area contributed by atoms with Gasteiger partial charge in [-0.3, -0.25) is 9.59 Å². The molecule has 9 heteroatoms. The quantitative estimate of drug-likeness (QED) is 0.450. The Hall–Kier alpha value is -3.00. The average molecular weight is 505 g/mol. The van der Waals surface area contributed by atoms with Crippen LogP contribution < -0.4 is 10.2 Å². The van der Waals surface area contributed by atoms with E-state index in [4.69, 9.17) is 23.2 Å². The highest BCUT2D eigenvalue weighted by Gasteiger charge is 2.53. The molecular weight excluding hydrogens is 485 g/mol. The van der Waals surface area contributed by atoms with E-state index >= 15 is 0 Å². The van der Waals surface area contributed by atoms with Gasteiger partial charge in [0.1, 0.15) is 0 Å². The normalized spacial score (nSPS) is 19.2. The van der Waals surface area contributed by atoms with Gasteiger partial charge >= 0.3 is 0 Å². The van der Waals surface area contributed by atoms with Crippen LogP contribution in [0.2, 0.25) is 10.0 Å². The van der Waals surface area contributed by atoms with Crippen LogP contribution in [-0.4, -0.2) is 29.4 Å². The summed E-state index contributed by atoms with van der Waals surface area (Å²) in [7, 11) is 0. The Morgan fingerprint density at radius 1 is 1.03 bits per heavy atom. The second-order valence-electron chi connectivity index (χ2n) is 8.16. The maximum absolute atomic E-state index is 14.8. The number of nitrogens with zero attached hydrogens (tertiary/aromatic N) is 1. The van der Waals surface area contributed by atoms with Gasteiger partial charge in [-0.1, -0.05) is 35.3 Å². The van der Waals surface area contributed by atoms with Crippen LogP contribution in [0.3, 0.4) is 0 Å². The fourth-order valence-corrected chi connectivity index (χ4v) is 4.25. The van der Waals surface area contributed by atoms with Crippen molar-refractivity contribution in [3.05, 3.63) is 93.5 Å². The molecule has 4 rings (SSSR count). The van der Waals surface area contributed by atoms with Crippen molar-refractivity contribution in [1.29, 1.82) is 0 Å². The molecule has 34 heavy (non-hydrogen) atoms. The third kappa shape index (κ3) is 4.39. The Kier molecular flexibility index (Phi) is 6.38. The number of halogens is 4. The Balaban J connectivity index is 1.61. The standard InChI is InChI=1S/C25H20Cl2F2N2O3/c1-24(34)19-14-16(26)8-11-21(19)31(13-12-25(24,28)29)23(33)15-6-9-17(10-7-15)30-22(32)18-4-2-3-5-20(18)27/h2-11,14,34H,12-13H2,1H3,(H,30,32)/t24-/m1/s1. The number of nitrogens with one attached hydrogen (secondary N) is 1. The summed E-state index contributed by atoms with van der Waals surface area (Å²) in [5, 5.41) is 13.8. The molecule has 0 spiro atoms. The van der Waals surface area contributed by atoms with Crippen LogP contribution in [0.4, 0.5) is 20.2 Å². The molecule has 0 saturated carbocycles. The van der Waals surface area contributed by atoms with E-state index in [1.807, 2.05) is 0 Å². The molecule has 0 fully saturated rings. The molecular formula is C25H20Cl2F2N2O3. The number of carbonyl (C=O) groups is 2. The van der Waals surface area contributed by atoms with Gasteiger partial charge in [0.05, 0.1) is 16.3 Å². The highest BCUT2D eigenvalue weighted by atomic mass is 35.5. The molecule has 0 bridgehead atoms. The van der Waals surface area contributed by atoms with Crippen molar-refractivity contribution in [3.63, 3.8) is 0 Å². The molecule has 0 aliphatic carbocycles. The Bertz CT molecular complexity index is 1260. The van der Waals surface area contributed by atoms with Crippen LogP contribution in [0.5, 0.6) is 0 Å². The molecule has 2 N–H and O–H groups in total. The lowest BCUT2D eigenvalue weighted by molar-refractivity contribution is -0.177. The van der Waals surface area contributed by atoms with E-state index in [9.17, 15) is 23.5 Å². The monoisotopic (exact) mass is 504 g/mol. The van der Waals surface area contributed by atoms with Gasteiger partial charge < -0.3 is 15.3 Å². The predicted molar refractivity (Wildman–Crippen MR) is 128 cm³/mol. The van der Waals surface area contributed by atoms with Crippen molar-refractivity contribution >= 4 is 46.4 Å². The summed E-state index contributed by atoms with van der Waals surface area (Å²) in [6.45, 7) is 0.716. The van der Waals surface area contributed by atoms with Crippen molar-refractivity contribution in [1.82, 2.24) is 0 Å². The van der Waals surface area contributed by atoms with Crippen molar-refractivity contribution in [2.45, 2.75) is 24.9 Å². The predicted octanol–water partition coefficient (Wildman–Crippen LogP) is 6.14. The van der Waals surface area contributed by atoms with Crippen molar-refractivity contribution in [3.8, 4) is 0 Å². The molecule has 0 radical (unpaired) electrons. The maximum atomic E-state index is 14.8. The number of rotatable bonds is 3. The molecule has 1 heterocycles. The van der Waals surface area contributed by atoms with Gasteiger partial charge in [0, 0.05) is 34.8 Å². The van der Waals surface area contributed by atoms with Gasteiger partial charge in [-0.15, -0.1) is 0 Å². The van der Waals surface area contributed by atoms with Crippen molar-refractivity contribution in [2.75, 3.05) is 16.8 Å². The van der Waals surface area contributed by atoms with E-state index < -0.39 is 29.8 Å². The zero-order valence-electron chi connectivity index (χ0n) is 18.0. The lowest BCUT2D eigenvalue weighted by atomic mass is 9.87. The molecule has 3 aromatic carbocycles. The third-order valence-corrected chi connectivity index (χ3v) is 6.45. The molecule has 2 amide bonds. The van der Waals surface area contributed by atoms with E-state index in [1.54, 1.807) is 24.3 Å². The third-order valence-electron chi connectivity index (χ3n) is 5.89. The zero-order chi connectivity index (χ0) is 24.7. The van der Waals surface area contributed by atoms with Crippen LogP contribution >= 0.6 is 23.2 Å². The van der Waals surface area contributed by atoms with Gasteiger partial charge in [0.2, 0.25) is 0 Å². The first-order valence-corrected chi connectivity index (χ1v) is 11.1. The summed E-state index contributed by atoms with van der Waals surface area (Å²) in [4.78, 5) is 26.9. The van der Waals surface area contributed by atoms with E-state index in [0.29, 0.717) is 16.3 Å². The van der Waals surface area contributed by atoms with Crippen molar-refractivity contribution < 1.29 is 23.5 Å².